The van der Waals surface area contributed by atoms with Crippen LogP contribution in [0.2, 0.25) is 0 Å². The third kappa shape index (κ3) is 5.67. The van der Waals surface area contributed by atoms with Gasteiger partial charge < -0.3 is 14.5 Å². The van der Waals surface area contributed by atoms with Crippen molar-refractivity contribution >= 4 is 17.3 Å². The van der Waals surface area contributed by atoms with E-state index < -0.39 is 0 Å². The lowest BCUT2D eigenvalue weighted by atomic mass is 10.1. The molecule has 0 spiro atoms. The number of ether oxygens (including phenoxy) is 1. The molecule has 1 amide bonds. The zero-order valence-electron chi connectivity index (χ0n) is 19.9. The lowest BCUT2D eigenvalue weighted by molar-refractivity contribution is 0.0993. The van der Waals surface area contributed by atoms with Gasteiger partial charge in [-0.3, -0.25) is 9.69 Å². The van der Waals surface area contributed by atoms with Crippen LogP contribution in [-0.2, 0) is 0 Å². The first-order valence-corrected chi connectivity index (χ1v) is 12.4. The van der Waals surface area contributed by atoms with Gasteiger partial charge >= 0.3 is 0 Å². The predicted octanol–water partition coefficient (Wildman–Crippen LogP) is 5.35. The molecule has 6 heteroatoms. The molecule has 1 atom stereocenters. The number of likely N-dealkylation sites (tertiary alicyclic amines) is 1. The van der Waals surface area contributed by atoms with Gasteiger partial charge in [-0.25, -0.2) is 4.39 Å². The number of amides is 1. The van der Waals surface area contributed by atoms with E-state index >= 15 is 4.39 Å². The van der Waals surface area contributed by atoms with E-state index in [1.807, 2.05) is 24.3 Å². The predicted molar refractivity (Wildman–Crippen MR) is 132 cm³/mol. The van der Waals surface area contributed by atoms with Crippen molar-refractivity contribution in [2.45, 2.75) is 51.5 Å². The molecule has 2 aliphatic rings. The summed E-state index contributed by atoms with van der Waals surface area (Å²) in [6.45, 7) is 6.87. The summed E-state index contributed by atoms with van der Waals surface area (Å²) in [6, 6.07) is 12.8. The summed E-state index contributed by atoms with van der Waals surface area (Å²) in [6.07, 6.45) is 7.03. The standard InChI is InChI=1S/C27H36FN3O2/c1-3-4-18-33-24-11-8-21(9-12-24)27(32)29(2)22-10-13-26(25(28)19-22)31-17-14-23(20-31)30-15-6-5-7-16-30/h8-13,19,23H,3-7,14-18,20H2,1-2H3. The van der Waals surface area contributed by atoms with E-state index in [4.69, 9.17) is 4.74 Å². The van der Waals surface area contributed by atoms with E-state index in [9.17, 15) is 4.79 Å². The number of hydrogen-bond acceptors (Lipinski definition) is 4. The van der Waals surface area contributed by atoms with Crippen molar-refractivity contribution in [2.75, 3.05) is 49.6 Å². The number of carbonyl (C=O) groups excluding carboxylic acids is 1. The van der Waals surface area contributed by atoms with Crippen LogP contribution in [0, 0.1) is 5.82 Å². The van der Waals surface area contributed by atoms with Crippen LogP contribution in [0.1, 0.15) is 55.8 Å². The van der Waals surface area contributed by atoms with Crippen LogP contribution in [0.15, 0.2) is 42.5 Å². The SMILES string of the molecule is CCCCOc1ccc(C(=O)N(C)c2ccc(N3CCC(N4CCCCC4)C3)c(F)c2)cc1. The zero-order valence-corrected chi connectivity index (χ0v) is 19.9. The van der Waals surface area contributed by atoms with Gasteiger partial charge in [0.1, 0.15) is 11.6 Å². The highest BCUT2D eigenvalue weighted by molar-refractivity contribution is 6.05. The van der Waals surface area contributed by atoms with Crippen LogP contribution in [0.25, 0.3) is 0 Å². The fourth-order valence-electron chi connectivity index (χ4n) is 4.84. The molecule has 1 unspecified atom stereocenters. The Morgan fingerprint density at radius 1 is 1.09 bits per heavy atom. The van der Waals surface area contributed by atoms with Crippen LogP contribution in [-0.4, -0.2) is 56.7 Å². The third-order valence-electron chi connectivity index (χ3n) is 6.90. The maximum absolute atomic E-state index is 15.1. The number of nitrogens with zero attached hydrogens (tertiary/aromatic N) is 3. The summed E-state index contributed by atoms with van der Waals surface area (Å²) in [5.41, 5.74) is 1.73. The number of unbranched alkanes of at least 4 members (excludes halogenated alkanes) is 1. The van der Waals surface area contributed by atoms with Crippen LogP contribution >= 0.6 is 0 Å². The number of rotatable bonds is 8. The second-order valence-electron chi connectivity index (χ2n) is 9.21. The van der Waals surface area contributed by atoms with Gasteiger partial charge in [0, 0.05) is 37.4 Å². The normalized spacial score (nSPS) is 19.0. The summed E-state index contributed by atoms with van der Waals surface area (Å²) in [5, 5.41) is 0. The summed E-state index contributed by atoms with van der Waals surface area (Å²) in [7, 11) is 1.69. The van der Waals surface area contributed by atoms with Gasteiger partial charge in [0.2, 0.25) is 0 Å². The molecule has 0 N–H and O–H groups in total. The monoisotopic (exact) mass is 453 g/mol. The van der Waals surface area contributed by atoms with Gasteiger partial charge in [-0.05, 0) is 81.2 Å². The molecule has 0 aliphatic carbocycles. The summed E-state index contributed by atoms with van der Waals surface area (Å²) >= 11 is 0. The van der Waals surface area contributed by atoms with Crippen molar-refractivity contribution in [1.82, 2.24) is 4.90 Å². The molecular weight excluding hydrogens is 417 g/mol. The molecule has 2 fully saturated rings. The lowest BCUT2D eigenvalue weighted by Crippen LogP contribution is -2.41. The van der Waals surface area contributed by atoms with Gasteiger partial charge in [-0.2, -0.15) is 0 Å². The van der Waals surface area contributed by atoms with Crippen molar-refractivity contribution in [2.24, 2.45) is 0 Å². The topological polar surface area (TPSA) is 36.0 Å². The fourth-order valence-corrected chi connectivity index (χ4v) is 4.84. The van der Waals surface area contributed by atoms with Crippen LogP contribution in [0.4, 0.5) is 15.8 Å². The molecule has 178 valence electrons. The Kier molecular flexibility index (Phi) is 7.86. The zero-order chi connectivity index (χ0) is 23.2. The summed E-state index contributed by atoms with van der Waals surface area (Å²) in [5.74, 6) is 0.311. The molecule has 2 aliphatic heterocycles. The Morgan fingerprint density at radius 3 is 2.55 bits per heavy atom. The molecule has 0 radical (unpaired) electrons. The number of anilines is 2. The van der Waals surface area contributed by atoms with Gasteiger partial charge in [-0.1, -0.05) is 19.8 Å². The van der Waals surface area contributed by atoms with E-state index in [2.05, 4.69) is 16.7 Å². The Morgan fingerprint density at radius 2 is 1.85 bits per heavy atom. The largest absolute Gasteiger partial charge is 0.494 e. The van der Waals surface area contributed by atoms with Gasteiger partial charge in [0.05, 0.1) is 12.3 Å². The van der Waals surface area contributed by atoms with Crippen molar-refractivity contribution in [3.05, 3.63) is 53.8 Å². The molecule has 33 heavy (non-hydrogen) atoms. The van der Waals surface area contributed by atoms with Gasteiger partial charge in [0.15, 0.2) is 0 Å². The Hall–Kier alpha value is -2.60. The summed E-state index contributed by atoms with van der Waals surface area (Å²) in [4.78, 5) is 19.2. The smallest absolute Gasteiger partial charge is 0.258 e. The Bertz CT molecular complexity index is 927. The average Bonchev–Trinajstić information content (AvgIpc) is 3.34. The Labute approximate surface area is 197 Å². The maximum Gasteiger partial charge on any atom is 0.258 e. The van der Waals surface area contributed by atoms with Gasteiger partial charge in [0.25, 0.3) is 5.91 Å². The second kappa shape index (κ2) is 11.0. The highest BCUT2D eigenvalue weighted by atomic mass is 19.1. The maximum atomic E-state index is 15.1. The van der Waals surface area contributed by atoms with Crippen molar-refractivity contribution in [3.63, 3.8) is 0 Å². The molecule has 2 saturated heterocycles. The lowest BCUT2D eigenvalue weighted by Gasteiger charge is -2.32. The molecule has 0 aromatic heterocycles. The van der Waals surface area contributed by atoms with Crippen molar-refractivity contribution < 1.29 is 13.9 Å². The molecule has 0 saturated carbocycles. The van der Waals surface area contributed by atoms with E-state index in [1.165, 1.54) is 43.3 Å². The minimum atomic E-state index is -0.272. The Balaban J connectivity index is 1.38. The molecule has 2 heterocycles. The quantitative estimate of drug-likeness (QED) is 0.505. The highest BCUT2D eigenvalue weighted by Crippen LogP contribution is 2.30. The third-order valence-corrected chi connectivity index (χ3v) is 6.90. The number of halogens is 1. The minimum absolute atomic E-state index is 0.173. The fraction of sp³-hybridized carbons (Fsp3) is 0.519. The first kappa shape index (κ1) is 23.6. The molecule has 0 bridgehead atoms. The summed E-state index contributed by atoms with van der Waals surface area (Å²) < 4.78 is 20.8. The van der Waals surface area contributed by atoms with Crippen LogP contribution in [0.3, 0.4) is 0 Å². The minimum Gasteiger partial charge on any atom is -0.494 e. The molecular formula is C27H36FN3O2. The van der Waals surface area contributed by atoms with Crippen molar-refractivity contribution in [3.8, 4) is 5.75 Å². The van der Waals surface area contributed by atoms with Crippen LogP contribution in [0.5, 0.6) is 5.75 Å². The van der Waals surface area contributed by atoms with E-state index in [0.29, 0.717) is 29.6 Å². The molecule has 2 aromatic rings. The molecule has 5 nitrogen and oxygen atoms in total. The van der Waals surface area contributed by atoms with E-state index in [0.717, 1.165) is 38.1 Å². The average molecular weight is 454 g/mol. The molecule has 4 rings (SSSR count). The highest BCUT2D eigenvalue weighted by Gasteiger charge is 2.30. The first-order chi connectivity index (χ1) is 16.1. The van der Waals surface area contributed by atoms with Gasteiger partial charge in [-0.15, -0.1) is 0 Å². The van der Waals surface area contributed by atoms with E-state index in [-0.39, 0.29) is 11.7 Å². The first-order valence-electron chi connectivity index (χ1n) is 12.4. The van der Waals surface area contributed by atoms with Crippen molar-refractivity contribution in [1.29, 1.82) is 0 Å². The van der Waals surface area contributed by atoms with E-state index in [1.54, 1.807) is 19.2 Å². The number of benzene rings is 2. The number of piperidine rings is 1. The second-order valence-corrected chi connectivity index (χ2v) is 9.21. The molecule has 2 aromatic carbocycles. The number of hydrogen-bond donors (Lipinski definition) is 0. The number of carbonyl (C=O) groups is 1. The van der Waals surface area contributed by atoms with Crippen LogP contribution < -0.4 is 14.5 Å².